The first kappa shape index (κ1) is 15.6. The van der Waals surface area contributed by atoms with Crippen LogP contribution in [0.4, 0.5) is 0 Å². The summed E-state index contributed by atoms with van der Waals surface area (Å²) in [6.45, 7) is 4.01. The Morgan fingerprint density at radius 3 is 3.05 bits per heavy atom. The highest BCUT2D eigenvalue weighted by Gasteiger charge is 2.25. The van der Waals surface area contributed by atoms with Crippen LogP contribution in [0.3, 0.4) is 0 Å². The highest BCUT2D eigenvalue weighted by molar-refractivity contribution is 5.94. The number of amides is 1. The third-order valence-corrected chi connectivity index (χ3v) is 3.86. The SMILES string of the molecule is CC1CN(C)CCC1NC(=O)c1cccc(C#CCO)c1. The number of nitrogens with one attached hydrogen (secondary N) is 1. The molecular weight excluding hydrogens is 264 g/mol. The van der Waals surface area contributed by atoms with E-state index >= 15 is 0 Å². The summed E-state index contributed by atoms with van der Waals surface area (Å²) >= 11 is 0. The summed E-state index contributed by atoms with van der Waals surface area (Å²) in [5.74, 6) is 5.81. The smallest absolute Gasteiger partial charge is 0.251 e. The van der Waals surface area contributed by atoms with Gasteiger partial charge in [-0.2, -0.15) is 0 Å². The molecule has 112 valence electrons. The fourth-order valence-electron chi connectivity index (χ4n) is 2.70. The Balaban J connectivity index is 2.03. The molecule has 1 aromatic carbocycles. The van der Waals surface area contributed by atoms with Crippen LogP contribution in [0, 0.1) is 17.8 Å². The summed E-state index contributed by atoms with van der Waals surface area (Å²) in [4.78, 5) is 14.6. The molecule has 2 rings (SSSR count). The summed E-state index contributed by atoms with van der Waals surface area (Å²) in [6, 6.07) is 7.42. The highest BCUT2D eigenvalue weighted by Crippen LogP contribution is 2.16. The van der Waals surface area contributed by atoms with E-state index in [2.05, 4.69) is 36.0 Å². The maximum Gasteiger partial charge on any atom is 0.251 e. The number of hydrogen-bond acceptors (Lipinski definition) is 3. The van der Waals surface area contributed by atoms with E-state index in [-0.39, 0.29) is 18.6 Å². The predicted octanol–water partition coefficient (Wildman–Crippen LogP) is 1.10. The van der Waals surface area contributed by atoms with Crippen LogP contribution in [0.15, 0.2) is 24.3 Å². The van der Waals surface area contributed by atoms with Gasteiger partial charge in [-0.1, -0.05) is 24.8 Å². The maximum absolute atomic E-state index is 12.3. The van der Waals surface area contributed by atoms with Crippen LogP contribution in [0.2, 0.25) is 0 Å². The molecule has 0 aliphatic carbocycles. The highest BCUT2D eigenvalue weighted by atomic mass is 16.2. The third kappa shape index (κ3) is 4.32. The van der Waals surface area contributed by atoms with Crippen molar-refractivity contribution in [3.05, 3.63) is 35.4 Å². The van der Waals surface area contributed by atoms with E-state index < -0.39 is 0 Å². The third-order valence-electron chi connectivity index (χ3n) is 3.86. The lowest BCUT2D eigenvalue weighted by Crippen LogP contribution is -2.48. The molecule has 0 radical (unpaired) electrons. The van der Waals surface area contributed by atoms with E-state index in [4.69, 9.17) is 5.11 Å². The van der Waals surface area contributed by atoms with Gasteiger partial charge in [0.15, 0.2) is 0 Å². The number of hydrogen-bond donors (Lipinski definition) is 2. The number of benzene rings is 1. The van der Waals surface area contributed by atoms with Crippen molar-refractivity contribution in [2.24, 2.45) is 5.92 Å². The molecule has 1 heterocycles. The first-order valence-electron chi connectivity index (χ1n) is 7.29. The van der Waals surface area contributed by atoms with Gasteiger partial charge in [0.1, 0.15) is 6.61 Å². The van der Waals surface area contributed by atoms with Crippen molar-refractivity contribution < 1.29 is 9.90 Å². The van der Waals surface area contributed by atoms with Gasteiger partial charge in [-0.15, -0.1) is 0 Å². The first-order valence-corrected chi connectivity index (χ1v) is 7.29. The first-order chi connectivity index (χ1) is 10.1. The van der Waals surface area contributed by atoms with E-state index in [0.717, 1.165) is 25.1 Å². The predicted molar refractivity (Wildman–Crippen MR) is 82.9 cm³/mol. The quantitative estimate of drug-likeness (QED) is 0.801. The molecule has 0 bridgehead atoms. The largest absolute Gasteiger partial charge is 0.384 e. The molecule has 1 saturated heterocycles. The van der Waals surface area contributed by atoms with Crippen LogP contribution in [-0.4, -0.2) is 48.7 Å². The van der Waals surface area contributed by atoms with Crippen molar-refractivity contribution in [2.75, 3.05) is 26.7 Å². The number of piperidine rings is 1. The standard InChI is InChI=1S/C17H22N2O2/c1-13-12-19(2)9-8-16(13)18-17(21)15-7-3-5-14(11-15)6-4-10-20/h3,5,7,11,13,16,20H,8-10,12H2,1-2H3,(H,18,21). The molecule has 4 heteroatoms. The van der Waals surface area contributed by atoms with Crippen LogP contribution >= 0.6 is 0 Å². The molecule has 0 spiro atoms. The Morgan fingerprint density at radius 2 is 2.33 bits per heavy atom. The number of aliphatic hydroxyl groups excluding tert-OH is 1. The number of rotatable bonds is 2. The number of carbonyl (C=O) groups excluding carboxylic acids is 1. The Kier molecular flexibility index (Phi) is 5.38. The second-order valence-corrected chi connectivity index (χ2v) is 5.65. The molecule has 2 unspecified atom stereocenters. The minimum atomic E-state index is -0.177. The number of carbonyl (C=O) groups is 1. The fourth-order valence-corrected chi connectivity index (χ4v) is 2.70. The average Bonchev–Trinajstić information content (AvgIpc) is 2.48. The lowest BCUT2D eigenvalue weighted by Gasteiger charge is -2.35. The van der Waals surface area contributed by atoms with Crippen molar-refractivity contribution in [2.45, 2.75) is 19.4 Å². The summed E-state index contributed by atoms with van der Waals surface area (Å²) in [6.07, 6.45) is 0.980. The fraction of sp³-hybridized carbons (Fsp3) is 0.471. The van der Waals surface area contributed by atoms with Gasteiger partial charge in [-0.25, -0.2) is 0 Å². The van der Waals surface area contributed by atoms with Gasteiger partial charge in [0.2, 0.25) is 0 Å². The Bertz CT molecular complexity index is 559. The van der Waals surface area contributed by atoms with Crippen LogP contribution in [0.25, 0.3) is 0 Å². The van der Waals surface area contributed by atoms with Gasteiger partial charge < -0.3 is 15.3 Å². The lowest BCUT2D eigenvalue weighted by molar-refractivity contribution is 0.0884. The van der Waals surface area contributed by atoms with Gasteiger partial charge in [0.05, 0.1) is 0 Å². The van der Waals surface area contributed by atoms with Crippen molar-refractivity contribution in [3.8, 4) is 11.8 Å². The average molecular weight is 286 g/mol. The zero-order valence-electron chi connectivity index (χ0n) is 12.6. The number of aliphatic hydroxyl groups is 1. The second kappa shape index (κ2) is 7.26. The molecule has 4 nitrogen and oxygen atoms in total. The number of likely N-dealkylation sites (tertiary alicyclic amines) is 1. The van der Waals surface area contributed by atoms with E-state index in [9.17, 15) is 4.79 Å². The molecule has 1 aliphatic rings. The molecule has 1 amide bonds. The topological polar surface area (TPSA) is 52.6 Å². The molecule has 1 aliphatic heterocycles. The minimum Gasteiger partial charge on any atom is -0.384 e. The van der Waals surface area contributed by atoms with Crippen LogP contribution in [-0.2, 0) is 0 Å². The monoisotopic (exact) mass is 286 g/mol. The Labute approximate surface area is 126 Å². The van der Waals surface area contributed by atoms with Gasteiger partial charge in [0.25, 0.3) is 5.91 Å². The van der Waals surface area contributed by atoms with Crippen LogP contribution in [0.5, 0.6) is 0 Å². The van der Waals surface area contributed by atoms with Crippen LogP contribution in [0.1, 0.15) is 29.3 Å². The van der Waals surface area contributed by atoms with Crippen molar-refractivity contribution >= 4 is 5.91 Å². The summed E-state index contributed by atoms with van der Waals surface area (Å²) in [5.41, 5.74) is 1.36. The normalized spacial score (nSPS) is 22.2. The summed E-state index contributed by atoms with van der Waals surface area (Å²) < 4.78 is 0. The molecule has 2 atom stereocenters. The molecule has 1 fully saturated rings. The molecular formula is C17H22N2O2. The van der Waals surface area contributed by atoms with Crippen molar-refractivity contribution in [1.29, 1.82) is 0 Å². The van der Waals surface area contributed by atoms with E-state index in [1.165, 1.54) is 0 Å². The van der Waals surface area contributed by atoms with Crippen molar-refractivity contribution in [3.63, 3.8) is 0 Å². The summed E-state index contributed by atoms with van der Waals surface area (Å²) in [7, 11) is 2.11. The zero-order valence-corrected chi connectivity index (χ0v) is 12.6. The van der Waals surface area contributed by atoms with Crippen LogP contribution < -0.4 is 5.32 Å². The molecule has 2 N–H and O–H groups in total. The van der Waals surface area contributed by atoms with Gasteiger partial charge in [0, 0.05) is 23.7 Å². The van der Waals surface area contributed by atoms with E-state index in [1.807, 2.05) is 12.1 Å². The molecule has 0 aromatic heterocycles. The van der Waals surface area contributed by atoms with Gasteiger partial charge in [-0.3, -0.25) is 4.79 Å². The zero-order chi connectivity index (χ0) is 15.2. The van der Waals surface area contributed by atoms with Gasteiger partial charge >= 0.3 is 0 Å². The lowest BCUT2D eigenvalue weighted by atomic mass is 9.94. The maximum atomic E-state index is 12.3. The molecule has 21 heavy (non-hydrogen) atoms. The van der Waals surface area contributed by atoms with E-state index in [0.29, 0.717) is 11.5 Å². The number of nitrogens with zero attached hydrogens (tertiary/aromatic N) is 1. The van der Waals surface area contributed by atoms with E-state index in [1.54, 1.807) is 12.1 Å². The molecule has 1 aromatic rings. The minimum absolute atomic E-state index is 0.0518. The Hall–Kier alpha value is -1.83. The second-order valence-electron chi connectivity index (χ2n) is 5.65. The van der Waals surface area contributed by atoms with Gasteiger partial charge in [-0.05, 0) is 44.1 Å². The Morgan fingerprint density at radius 1 is 1.52 bits per heavy atom. The summed E-state index contributed by atoms with van der Waals surface area (Å²) in [5, 5.41) is 11.8. The van der Waals surface area contributed by atoms with Crippen molar-refractivity contribution in [1.82, 2.24) is 10.2 Å². The molecule has 0 saturated carbocycles.